The molecule has 110 valence electrons. The molecule has 2 aromatic carbocycles. The summed E-state index contributed by atoms with van der Waals surface area (Å²) in [6.07, 6.45) is 0.767. The number of hydrogen-bond acceptors (Lipinski definition) is 3. The molecule has 22 heavy (non-hydrogen) atoms. The number of aromatic amines is 1. The maximum absolute atomic E-state index is 12.5. The molecule has 1 heterocycles. The summed E-state index contributed by atoms with van der Waals surface area (Å²) >= 11 is 0. The van der Waals surface area contributed by atoms with Crippen LogP contribution in [-0.4, -0.2) is 16.1 Å². The average molecular weight is 293 g/mol. The third-order valence-corrected chi connectivity index (χ3v) is 3.57. The minimum atomic E-state index is -0.275. The number of rotatable bonds is 3. The number of anilines is 1. The SMILES string of the molecule is CCc1ccccc1C(=O)Nc1n[nH]c(=O)c2ccccc12. The average Bonchev–Trinajstić information content (AvgIpc) is 2.57. The molecule has 1 amide bonds. The number of benzene rings is 2. The van der Waals surface area contributed by atoms with Crippen molar-refractivity contribution in [2.45, 2.75) is 13.3 Å². The van der Waals surface area contributed by atoms with E-state index in [1.165, 1.54) is 0 Å². The number of amides is 1. The minimum absolute atomic E-state index is 0.234. The standard InChI is InChI=1S/C17H15N3O2/c1-2-11-7-3-4-8-12(11)16(21)18-15-13-9-5-6-10-14(13)17(22)20-19-15/h3-10H,2H2,1H3,(H,20,22)(H,18,19,21). The Hall–Kier alpha value is -2.95. The van der Waals surface area contributed by atoms with Crippen molar-refractivity contribution in [2.75, 3.05) is 5.32 Å². The number of carbonyl (C=O) groups excluding carboxylic acids is 1. The fourth-order valence-electron chi connectivity index (χ4n) is 2.44. The number of carbonyl (C=O) groups is 1. The van der Waals surface area contributed by atoms with Crippen LogP contribution in [0.5, 0.6) is 0 Å². The predicted molar refractivity (Wildman–Crippen MR) is 86.1 cm³/mol. The molecule has 5 nitrogen and oxygen atoms in total. The molecular formula is C17H15N3O2. The summed E-state index contributed by atoms with van der Waals surface area (Å²) in [6, 6.07) is 14.5. The topological polar surface area (TPSA) is 74.8 Å². The van der Waals surface area contributed by atoms with Gasteiger partial charge in [0, 0.05) is 10.9 Å². The van der Waals surface area contributed by atoms with Gasteiger partial charge in [-0.3, -0.25) is 9.59 Å². The molecule has 3 aromatic rings. The van der Waals surface area contributed by atoms with E-state index in [2.05, 4.69) is 15.5 Å². The van der Waals surface area contributed by atoms with Crippen molar-refractivity contribution in [1.82, 2.24) is 10.2 Å². The van der Waals surface area contributed by atoms with E-state index < -0.39 is 0 Å². The van der Waals surface area contributed by atoms with Gasteiger partial charge in [-0.05, 0) is 24.1 Å². The molecule has 1 aromatic heterocycles. The fourth-order valence-corrected chi connectivity index (χ4v) is 2.44. The van der Waals surface area contributed by atoms with Gasteiger partial charge in [0.15, 0.2) is 5.82 Å². The van der Waals surface area contributed by atoms with E-state index in [0.717, 1.165) is 12.0 Å². The van der Waals surface area contributed by atoms with Crippen molar-refractivity contribution >= 4 is 22.5 Å². The Labute approximate surface area is 127 Å². The number of H-pyrrole nitrogens is 1. The molecule has 0 aliphatic carbocycles. The molecule has 3 rings (SSSR count). The second-order valence-corrected chi connectivity index (χ2v) is 4.91. The highest BCUT2D eigenvalue weighted by Crippen LogP contribution is 2.18. The van der Waals surface area contributed by atoms with Crippen molar-refractivity contribution < 1.29 is 4.79 Å². The smallest absolute Gasteiger partial charge is 0.272 e. The Bertz CT molecular complexity index is 900. The van der Waals surface area contributed by atoms with Gasteiger partial charge in [0.25, 0.3) is 11.5 Å². The first-order valence-electron chi connectivity index (χ1n) is 7.07. The summed E-state index contributed by atoms with van der Waals surface area (Å²) < 4.78 is 0. The Morgan fingerprint density at radius 2 is 1.77 bits per heavy atom. The zero-order valence-electron chi connectivity index (χ0n) is 12.1. The Morgan fingerprint density at radius 3 is 2.55 bits per heavy atom. The zero-order chi connectivity index (χ0) is 15.5. The Morgan fingerprint density at radius 1 is 1.09 bits per heavy atom. The molecule has 0 saturated carbocycles. The van der Waals surface area contributed by atoms with E-state index >= 15 is 0 Å². The second-order valence-electron chi connectivity index (χ2n) is 4.91. The maximum Gasteiger partial charge on any atom is 0.272 e. The molecule has 0 saturated heterocycles. The summed E-state index contributed by atoms with van der Waals surface area (Å²) in [7, 11) is 0. The van der Waals surface area contributed by atoms with Crippen LogP contribution in [-0.2, 0) is 6.42 Å². The molecule has 0 unspecified atom stereocenters. The number of nitrogens with one attached hydrogen (secondary N) is 2. The Balaban J connectivity index is 2.02. The van der Waals surface area contributed by atoms with Crippen molar-refractivity contribution in [3.8, 4) is 0 Å². The third kappa shape index (κ3) is 2.48. The molecule has 2 N–H and O–H groups in total. The summed E-state index contributed by atoms with van der Waals surface area (Å²) in [5.74, 6) is 0.119. The lowest BCUT2D eigenvalue weighted by Crippen LogP contribution is -2.18. The number of hydrogen-bond donors (Lipinski definition) is 2. The lowest BCUT2D eigenvalue weighted by atomic mass is 10.0. The molecule has 0 fully saturated rings. The van der Waals surface area contributed by atoms with Crippen LogP contribution in [0, 0.1) is 0 Å². The van der Waals surface area contributed by atoms with Gasteiger partial charge < -0.3 is 5.32 Å². The number of aromatic nitrogens is 2. The monoisotopic (exact) mass is 293 g/mol. The molecule has 5 heteroatoms. The molecule has 0 bridgehead atoms. The predicted octanol–water partition coefficient (Wildman–Crippen LogP) is 2.74. The summed E-state index contributed by atoms with van der Waals surface area (Å²) in [4.78, 5) is 24.2. The molecular weight excluding hydrogens is 278 g/mol. The van der Waals surface area contributed by atoms with Gasteiger partial charge >= 0.3 is 0 Å². The van der Waals surface area contributed by atoms with E-state index in [9.17, 15) is 9.59 Å². The first-order valence-corrected chi connectivity index (χ1v) is 7.07. The molecule has 0 aliphatic heterocycles. The van der Waals surface area contributed by atoms with Crippen LogP contribution in [0.3, 0.4) is 0 Å². The van der Waals surface area contributed by atoms with E-state index in [-0.39, 0.29) is 11.5 Å². The van der Waals surface area contributed by atoms with Gasteiger partial charge in [-0.1, -0.05) is 43.3 Å². The number of fused-ring (bicyclic) bond motifs is 1. The van der Waals surface area contributed by atoms with Crippen molar-refractivity contribution in [1.29, 1.82) is 0 Å². The first-order chi connectivity index (χ1) is 10.7. The molecule has 0 aliphatic rings. The van der Waals surface area contributed by atoms with Crippen LogP contribution in [0.1, 0.15) is 22.8 Å². The van der Waals surface area contributed by atoms with Gasteiger partial charge in [0.1, 0.15) is 0 Å². The largest absolute Gasteiger partial charge is 0.305 e. The zero-order valence-corrected chi connectivity index (χ0v) is 12.1. The highest BCUT2D eigenvalue weighted by molar-refractivity contribution is 6.08. The number of nitrogens with zero attached hydrogens (tertiary/aromatic N) is 1. The van der Waals surface area contributed by atoms with Crippen LogP contribution in [0.15, 0.2) is 53.3 Å². The van der Waals surface area contributed by atoms with Crippen LogP contribution in [0.25, 0.3) is 10.8 Å². The quantitative estimate of drug-likeness (QED) is 0.779. The minimum Gasteiger partial charge on any atom is -0.305 e. The second kappa shape index (κ2) is 5.81. The van der Waals surface area contributed by atoms with Crippen molar-refractivity contribution in [3.05, 3.63) is 70.0 Å². The van der Waals surface area contributed by atoms with E-state index in [0.29, 0.717) is 22.2 Å². The van der Waals surface area contributed by atoms with Crippen LogP contribution in [0.2, 0.25) is 0 Å². The third-order valence-electron chi connectivity index (χ3n) is 3.57. The first kappa shape index (κ1) is 14.0. The van der Waals surface area contributed by atoms with Crippen molar-refractivity contribution in [2.24, 2.45) is 0 Å². The van der Waals surface area contributed by atoms with Gasteiger partial charge in [0.05, 0.1) is 5.39 Å². The molecule has 0 radical (unpaired) electrons. The van der Waals surface area contributed by atoms with E-state index in [4.69, 9.17) is 0 Å². The van der Waals surface area contributed by atoms with Crippen LogP contribution < -0.4 is 10.9 Å². The van der Waals surface area contributed by atoms with Crippen LogP contribution in [0.4, 0.5) is 5.82 Å². The van der Waals surface area contributed by atoms with Gasteiger partial charge in [0.2, 0.25) is 0 Å². The van der Waals surface area contributed by atoms with E-state index in [1.807, 2.05) is 25.1 Å². The Kier molecular flexibility index (Phi) is 3.70. The lowest BCUT2D eigenvalue weighted by molar-refractivity contribution is 0.102. The van der Waals surface area contributed by atoms with Gasteiger partial charge in [-0.15, -0.1) is 0 Å². The summed E-state index contributed by atoms with van der Waals surface area (Å²) in [5, 5.41) is 10.3. The summed E-state index contributed by atoms with van der Waals surface area (Å²) in [6.45, 7) is 2.00. The molecule has 0 spiro atoms. The van der Waals surface area contributed by atoms with Crippen molar-refractivity contribution in [3.63, 3.8) is 0 Å². The highest BCUT2D eigenvalue weighted by Gasteiger charge is 2.13. The van der Waals surface area contributed by atoms with E-state index in [1.54, 1.807) is 30.3 Å². The fraction of sp³-hybridized carbons (Fsp3) is 0.118. The normalized spacial score (nSPS) is 10.6. The number of aryl methyl sites for hydroxylation is 1. The highest BCUT2D eigenvalue weighted by atomic mass is 16.2. The maximum atomic E-state index is 12.5. The van der Waals surface area contributed by atoms with Gasteiger partial charge in [-0.2, -0.15) is 5.10 Å². The summed E-state index contributed by atoms with van der Waals surface area (Å²) in [5.41, 5.74) is 1.30. The van der Waals surface area contributed by atoms with Gasteiger partial charge in [-0.25, -0.2) is 5.10 Å². The van der Waals surface area contributed by atoms with Crippen LogP contribution >= 0.6 is 0 Å². The lowest BCUT2D eigenvalue weighted by Gasteiger charge is -2.09. The molecule has 0 atom stereocenters.